The maximum atomic E-state index is 13.8. The number of phenolic OH excluding ortho intramolecular Hbond substituents is 1. The molecule has 0 aliphatic carbocycles. The summed E-state index contributed by atoms with van der Waals surface area (Å²) in [6.07, 6.45) is 2.31. The van der Waals surface area contributed by atoms with Crippen molar-refractivity contribution >= 4 is 27.2 Å². The number of carbonyl (C=O) groups is 1. The Kier molecular flexibility index (Phi) is 6.87. The zero-order chi connectivity index (χ0) is 25.4. The number of ketones is 1. The van der Waals surface area contributed by atoms with E-state index in [1.165, 1.54) is 36.4 Å². The normalized spacial score (nSPS) is 16.1. The molecule has 3 aromatic carbocycles. The van der Waals surface area contributed by atoms with Crippen LogP contribution in [0.3, 0.4) is 0 Å². The van der Waals surface area contributed by atoms with Crippen molar-refractivity contribution in [1.29, 1.82) is 0 Å². The summed E-state index contributed by atoms with van der Waals surface area (Å²) in [7, 11) is 0. The first-order valence-electron chi connectivity index (χ1n) is 12.7. The SMILES string of the molecule is Cc1cc(C)c(C(=O)c2sc3cc(O)ccc3c2Oc2ccc(CCN3CCC(C)C3)cc2)c(C)c1. The fourth-order valence-corrected chi connectivity index (χ4v) is 6.43. The molecule has 0 spiro atoms. The van der Waals surface area contributed by atoms with Gasteiger partial charge in [0.25, 0.3) is 0 Å². The third-order valence-electron chi connectivity index (χ3n) is 7.11. The fraction of sp³-hybridized carbons (Fsp3) is 0.323. The van der Waals surface area contributed by atoms with Crippen molar-refractivity contribution in [1.82, 2.24) is 4.90 Å². The van der Waals surface area contributed by atoms with Gasteiger partial charge in [-0.15, -0.1) is 11.3 Å². The van der Waals surface area contributed by atoms with Crippen LogP contribution in [0.4, 0.5) is 0 Å². The van der Waals surface area contributed by atoms with Crippen LogP contribution in [0.2, 0.25) is 0 Å². The Balaban J connectivity index is 1.44. The number of aryl methyl sites for hydroxylation is 3. The van der Waals surface area contributed by atoms with E-state index in [-0.39, 0.29) is 11.5 Å². The molecule has 1 N–H and O–H groups in total. The third kappa shape index (κ3) is 5.04. The van der Waals surface area contributed by atoms with Gasteiger partial charge in [-0.1, -0.05) is 36.8 Å². The number of likely N-dealkylation sites (tertiary alicyclic amines) is 1. The van der Waals surface area contributed by atoms with E-state index >= 15 is 0 Å². The van der Waals surface area contributed by atoms with E-state index < -0.39 is 0 Å². The van der Waals surface area contributed by atoms with Crippen LogP contribution in [0.1, 0.15) is 50.8 Å². The molecule has 5 rings (SSSR count). The van der Waals surface area contributed by atoms with Crippen LogP contribution >= 0.6 is 11.3 Å². The van der Waals surface area contributed by atoms with Gasteiger partial charge in [0.1, 0.15) is 16.4 Å². The lowest BCUT2D eigenvalue weighted by molar-refractivity contribution is 0.103. The quantitative estimate of drug-likeness (QED) is 0.269. The monoisotopic (exact) mass is 499 g/mol. The van der Waals surface area contributed by atoms with Gasteiger partial charge in [-0.3, -0.25) is 4.79 Å². The smallest absolute Gasteiger partial charge is 0.207 e. The highest BCUT2D eigenvalue weighted by atomic mass is 32.1. The van der Waals surface area contributed by atoms with Crippen molar-refractivity contribution < 1.29 is 14.6 Å². The first-order chi connectivity index (χ1) is 17.3. The van der Waals surface area contributed by atoms with Gasteiger partial charge in [0.15, 0.2) is 5.75 Å². The first kappa shape index (κ1) is 24.5. The van der Waals surface area contributed by atoms with E-state index in [1.54, 1.807) is 12.1 Å². The van der Waals surface area contributed by atoms with Crippen LogP contribution in [0.15, 0.2) is 54.6 Å². The van der Waals surface area contributed by atoms with Gasteiger partial charge in [0, 0.05) is 28.7 Å². The molecule has 0 radical (unpaired) electrons. The molecule has 1 unspecified atom stereocenters. The van der Waals surface area contributed by atoms with Crippen LogP contribution < -0.4 is 4.74 Å². The predicted octanol–water partition coefficient (Wildman–Crippen LogP) is 7.44. The molecule has 0 saturated carbocycles. The van der Waals surface area contributed by atoms with E-state index in [9.17, 15) is 9.90 Å². The largest absolute Gasteiger partial charge is 0.508 e. The van der Waals surface area contributed by atoms with Gasteiger partial charge in [-0.05, 0) is 93.1 Å². The summed E-state index contributed by atoms with van der Waals surface area (Å²) >= 11 is 1.37. The van der Waals surface area contributed by atoms with Crippen molar-refractivity contribution in [3.63, 3.8) is 0 Å². The fourth-order valence-electron chi connectivity index (χ4n) is 5.32. The summed E-state index contributed by atoms with van der Waals surface area (Å²) in [6.45, 7) is 11.8. The van der Waals surface area contributed by atoms with Gasteiger partial charge in [-0.25, -0.2) is 0 Å². The maximum Gasteiger partial charge on any atom is 0.207 e. The molecule has 1 aliphatic heterocycles. The standard InChI is InChI=1S/C31H33NO3S/c1-19-11-13-32(18-19)14-12-23-5-8-25(9-6-23)35-30-26-10-7-24(33)17-27(26)36-31(30)29(34)28-21(3)15-20(2)16-22(28)4/h5-10,15-17,19,33H,11-14,18H2,1-4H3. The Labute approximate surface area is 217 Å². The molecule has 1 aliphatic rings. The van der Waals surface area contributed by atoms with Crippen molar-refractivity contribution in [2.24, 2.45) is 5.92 Å². The lowest BCUT2D eigenvalue weighted by Crippen LogP contribution is -2.22. The maximum absolute atomic E-state index is 13.8. The zero-order valence-electron chi connectivity index (χ0n) is 21.4. The summed E-state index contributed by atoms with van der Waals surface area (Å²) in [5, 5.41) is 10.9. The van der Waals surface area contributed by atoms with Crippen molar-refractivity contribution in [3.05, 3.63) is 87.3 Å². The molecule has 5 heteroatoms. The third-order valence-corrected chi connectivity index (χ3v) is 8.24. The van der Waals surface area contributed by atoms with E-state index in [4.69, 9.17) is 4.74 Å². The number of rotatable bonds is 7. The van der Waals surface area contributed by atoms with Crippen LogP contribution in [-0.4, -0.2) is 35.4 Å². The minimum absolute atomic E-state index is 0.0443. The second kappa shape index (κ2) is 10.1. The van der Waals surface area contributed by atoms with E-state index in [0.29, 0.717) is 21.9 Å². The van der Waals surface area contributed by atoms with Gasteiger partial charge in [-0.2, -0.15) is 0 Å². The number of fused-ring (bicyclic) bond motifs is 1. The molecule has 0 amide bonds. The highest BCUT2D eigenvalue weighted by Gasteiger charge is 2.25. The Morgan fingerprint density at radius 3 is 2.44 bits per heavy atom. The second-order valence-corrected chi connectivity index (χ2v) is 11.3. The average Bonchev–Trinajstić information content (AvgIpc) is 3.40. The number of carbonyl (C=O) groups excluding carboxylic acids is 1. The number of hydrogen-bond acceptors (Lipinski definition) is 5. The second-order valence-electron chi connectivity index (χ2n) is 10.2. The number of benzene rings is 3. The van der Waals surface area contributed by atoms with Crippen LogP contribution in [0.5, 0.6) is 17.2 Å². The van der Waals surface area contributed by atoms with Crippen LogP contribution in [0, 0.1) is 26.7 Å². The molecule has 186 valence electrons. The highest BCUT2D eigenvalue weighted by Crippen LogP contribution is 2.43. The topological polar surface area (TPSA) is 49.8 Å². The predicted molar refractivity (Wildman–Crippen MR) is 148 cm³/mol. The molecule has 0 bridgehead atoms. The average molecular weight is 500 g/mol. The van der Waals surface area contributed by atoms with Crippen LogP contribution in [-0.2, 0) is 6.42 Å². The van der Waals surface area contributed by atoms with E-state index in [2.05, 4.69) is 24.0 Å². The molecule has 1 aromatic heterocycles. The number of thiophene rings is 1. The highest BCUT2D eigenvalue weighted by molar-refractivity contribution is 7.21. The Morgan fingerprint density at radius 2 is 1.78 bits per heavy atom. The lowest BCUT2D eigenvalue weighted by Gasteiger charge is -2.15. The summed E-state index contributed by atoms with van der Waals surface area (Å²) in [4.78, 5) is 16.9. The number of hydrogen-bond donors (Lipinski definition) is 1. The van der Waals surface area contributed by atoms with E-state index in [0.717, 1.165) is 45.7 Å². The number of nitrogens with zero attached hydrogens (tertiary/aromatic N) is 1. The molecular weight excluding hydrogens is 466 g/mol. The molecule has 4 aromatic rings. The van der Waals surface area contributed by atoms with Crippen molar-refractivity contribution in [3.8, 4) is 17.2 Å². The Bertz CT molecular complexity index is 1400. The van der Waals surface area contributed by atoms with Crippen molar-refractivity contribution in [2.75, 3.05) is 19.6 Å². The molecule has 4 nitrogen and oxygen atoms in total. The molecule has 1 saturated heterocycles. The summed E-state index contributed by atoms with van der Waals surface area (Å²) in [5.41, 5.74) is 5.05. The Hall–Kier alpha value is -3.15. The van der Waals surface area contributed by atoms with Gasteiger partial charge in [0.2, 0.25) is 5.78 Å². The zero-order valence-corrected chi connectivity index (χ0v) is 22.2. The molecule has 1 atom stereocenters. The van der Waals surface area contributed by atoms with Gasteiger partial charge >= 0.3 is 0 Å². The molecular formula is C31H33NO3S. The number of ether oxygens (including phenoxy) is 1. The van der Waals surface area contributed by atoms with Gasteiger partial charge in [0.05, 0.1) is 0 Å². The minimum atomic E-state index is -0.0443. The Morgan fingerprint density at radius 1 is 1.06 bits per heavy atom. The summed E-state index contributed by atoms with van der Waals surface area (Å²) in [5.74, 6) is 2.18. The summed E-state index contributed by atoms with van der Waals surface area (Å²) < 4.78 is 7.22. The first-order valence-corrected chi connectivity index (χ1v) is 13.5. The molecule has 1 fully saturated rings. The lowest BCUT2D eigenvalue weighted by atomic mass is 9.95. The molecule has 36 heavy (non-hydrogen) atoms. The number of phenols is 1. The van der Waals surface area contributed by atoms with Crippen molar-refractivity contribution in [2.45, 2.75) is 40.5 Å². The minimum Gasteiger partial charge on any atom is -0.508 e. The van der Waals surface area contributed by atoms with E-state index in [1.807, 2.05) is 51.1 Å². The van der Waals surface area contributed by atoms with Crippen LogP contribution in [0.25, 0.3) is 10.1 Å². The summed E-state index contributed by atoms with van der Waals surface area (Å²) in [6, 6.07) is 17.5. The van der Waals surface area contributed by atoms with Gasteiger partial charge < -0.3 is 14.7 Å². The number of aromatic hydroxyl groups is 1. The molecule has 2 heterocycles.